The molecule has 3 N–H and O–H groups in total. The number of ketones is 2. The summed E-state index contributed by atoms with van der Waals surface area (Å²) in [6.07, 6.45) is 13.2. The van der Waals surface area contributed by atoms with Gasteiger partial charge in [-0.2, -0.15) is 0 Å². The van der Waals surface area contributed by atoms with Gasteiger partial charge in [0.05, 0.1) is 6.17 Å². The van der Waals surface area contributed by atoms with Gasteiger partial charge in [-0.1, -0.05) is 24.5 Å². The number of nitrogens with one attached hydrogen (secondary N) is 1. The predicted octanol–water partition coefficient (Wildman–Crippen LogP) is 3.34. The highest BCUT2D eigenvalue weighted by Gasteiger charge is 2.87. The van der Waals surface area contributed by atoms with Crippen LogP contribution in [0, 0.1) is 17.8 Å². The fraction of sp³-hybridized carbons (Fsp3) is 0.815. The van der Waals surface area contributed by atoms with Crippen molar-refractivity contribution in [2.45, 2.75) is 114 Å². The molecule has 0 aromatic heterocycles. The van der Waals surface area contributed by atoms with Crippen LogP contribution in [0.25, 0.3) is 0 Å². The van der Waals surface area contributed by atoms with Crippen LogP contribution in [-0.2, 0) is 23.9 Å². The van der Waals surface area contributed by atoms with Gasteiger partial charge in [0.2, 0.25) is 0 Å². The standard InChI is InChI=1S/C27H40N2O5/c1-17(10-11-18-13-15-29-22(28)16-18)12-14-26-23(30)20-8-4-5-9-21(20)24(31)27(26,34-26)25(32)33-19-6-2-3-7-19/h12,18-22,29H,2-11,13-16,28H2,1H3/t18?,20?,21?,22?,26-,27-/m0/s1. The quantitative estimate of drug-likeness (QED) is 0.253. The zero-order valence-electron chi connectivity index (χ0n) is 20.5. The molecule has 5 aliphatic rings. The zero-order chi connectivity index (χ0) is 23.9. The normalized spacial score (nSPS) is 40.6. The summed E-state index contributed by atoms with van der Waals surface area (Å²) < 4.78 is 11.8. The van der Waals surface area contributed by atoms with Gasteiger partial charge in [-0.3, -0.25) is 9.59 Å². The molecule has 3 saturated carbocycles. The summed E-state index contributed by atoms with van der Waals surface area (Å²) >= 11 is 0. The van der Waals surface area contributed by atoms with Gasteiger partial charge >= 0.3 is 5.97 Å². The molecule has 7 nitrogen and oxygen atoms in total. The number of piperidine rings is 1. The van der Waals surface area contributed by atoms with Gasteiger partial charge < -0.3 is 20.5 Å². The summed E-state index contributed by atoms with van der Waals surface area (Å²) in [6, 6.07) is 0. The number of fused-ring (bicyclic) bond motifs is 2. The Labute approximate surface area is 202 Å². The van der Waals surface area contributed by atoms with Crippen LogP contribution in [0.2, 0.25) is 0 Å². The molecule has 2 saturated heterocycles. The van der Waals surface area contributed by atoms with E-state index in [-0.39, 0.29) is 36.2 Å². The Morgan fingerprint density at radius 2 is 1.76 bits per heavy atom. The summed E-state index contributed by atoms with van der Waals surface area (Å²) in [4.78, 5) is 40.8. The first-order chi connectivity index (χ1) is 16.4. The topological polar surface area (TPSA) is 111 Å². The monoisotopic (exact) mass is 472 g/mol. The molecule has 188 valence electrons. The number of carbonyl (C=O) groups is 3. The second kappa shape index (κ2) is 9.47. The Morgan fingerprint density at radius 3 is 2.47 bits per heavy atom. The van der Waals surface area contributed by atoms with Crippen LogP contribution in [0.15, 0.2) is 11.6 Å². The average Bonchev–Trinajstić information content (AvgIpc) is 3.29. The smallest absolute Gasteiger partial charge is 0.350 e. The van der Waals surface area contributed by atoms with Crippen LogP contribution >= 0.6 is 0 Å². The largest absolute Gasteiger partial charge is 0.460 e. The Morgan fingerprint density at radius 1 is 1.09 bits per heavy atom. The van der Waals surface area contributed by atoms with Gasteiger partial charge in [-0.25, -0.2) is 4.79 Å². The number of carbonyl (C=O) groups excluding carboxylic acids is 3. The van der Waals surface area contributed by atoms with Crippen molar-refractivity contribution in [3.63, 3.8) is 0 Å². The molecule has 7 heteroatoms. The Balaban J connectivity index is 1.32. The average molecular weight is 473 g/mol. The third kappa shape index (κ3) is 4.07. The fourth-order valence-electron chi connectivity index (χ4n) is 7.01. The lowest BCUT2D eigenvalue weighted by Gasteiger charge is -2.37. The van der Waals surface area contributed by atoms with Gasteiger partial charge in [0.15, 0.2) is 17.2 Å². The van der Waals surface area contributed by atoms with Crippen LogP contribution in [0.3, 0.4) is 0 Å². The van der Waals surface area contributed by atoms with Crippen molar-refractivity contribution >= 4 is 17.5 Å². The Hall–Kier alpha value is -1.57. The maximum absolute atomic E-state index is 13.7. The van der Waals surface area contributed by atoms with E-state index in [4.69, 9.17) is 15.2 Å². The first kappa shape index (κ1) is 24.1. The van der Waals surface area contributed by atoms with E-state index in [2.05, 4.69) is 12.2 Å². The lowest BCUT2D eigenvalue weighted by Crippen LogP contribution is -2.58. The molecule has 0 amide bonds. The van der Waals surface area contributed by atoms with E-state index in [9.17, 15) is 14.4 Å². The van der Waals surface area contributed by atoms with E-state index in [0.717, 1.165) is 70.8 Å². The van der Waals surface area contributed by atoms with Crippen molar-refractivity contribution in [3.05, 3.63) is 11.6 Å². The van der Waals surface area contributed by atoms with E-state index in [0.29, 0.717) is 18.8 Å². The molecule has 0 aromatic rings. The highest BCUT2D eigenvalue weighted by Crippen LogP contribution is 2.61. The van der Waals surface area contributed by atoms with Gasteiger partial charge in [-0.15, -0.1) is 0 Å². The molecule has 3 aliphatic carbocycles. The molecule has 2 aliphatic heterocycles. The molecule has 6 atom stereocenters. The van der Waals surface area contributed by atoms with Gasteiger partial charge in [0, 0.05) is 18.3 Å². The number of allylic oxidation sites excluding steroid dienone is 1. The van der Waals surface area contributed by atoms with E-state index >= 15 is 0 Å². The van der Waals surface area contributed by atoms with Crippen molar-refractivity contribution in [2.75, 3.05) is 6.54 Å². The van der Waals surface area contributed by atoms with Crippen LogP contribution < -0.4 is 11.1 Å². The number of rotatable bonds is 7. The number of nitrogens with two attached hydrogens (primary N) is 1. The van der Waals surface area contributed by atoms with E-state index in [1.807, 2.05) is 6.08 Å². The molecular weight excluding hydrogens is 432 g/mol. The number of epoxide rings is 1. The van der Waals surface area contributed by atoms with Gasteiger partial charge in [0.1, 0.15) is 6.10 Å². The lowest BCUT2D eigenvalue weighted by molar-refractivity contribution is -0.162. The van der Waals surface area contributed by atoms with E-state index in [1.54, 1.807) is 0 Å². The number of hydrogen-bond donors (Lipinski definition) is 2. The molecule has 0 spiro atoms. The summed E-state index contributed by atoms with van der Waals surface area (Å²) in [5.74, 6) is -0.987. The molecule has 2 heterocycles. The molecule has 5 rings (SSSR count). The van der Waals surface area contributed by atoms with Gasteiger partial charge in [-0.05, 0) is 83.6 Å². The Kier molecular flexibility index (Phi) is 6.73. The predicted molar refractivity (Wildman–Crippen MR) is 127 cm³/mol. The maximum Gasteiger partial charge on any atom is 0.350 e. The highest BCUT2D eigenvalue weighted by atomic mass is 16.7. The van der Waals surface area contributed by atoms with Gasteiger partial charge in [0.25, 0.3) is 5.60 Å². The summed E-state index contributed by atoms with van der Waals surface area (Å²) in [5.41, 5.74) is 4.12. The minimum Gasteiger partial charge on any atom is -0.460 e. The summed E-state index contributed by atoms with van der Waals surface area (Å²) in [6.45, 7) is 3.02. The maximum atomic E-state index is 13.7. The first-order valence-electron chi connectivity index (χ1n) is 13.5. The highest BCUT2D eigenvalue weighted by molar-refractivity contribution is 6.23. The molecule has 0 aromatic carbocycles. The minimum absolute atomic E-state index is 0.0476. The third-order valence-corrected chi connectivity index (χ3v) is 9.13. The van der Waals surface area contributed by atoms with Crippen LogP contribution in [0.1, 0.15) is 90.4 Å². The SMILES string of the molecule is CC(=CC[C@@]12O[C@]1(C(=O)OC1CCCC1)C(=O)C1CCCCC1C2=O)CCC1CCNC(N)C1. The molecule has 0 bridgehead atoms. The summed E-state index contributed by atoms with van der Waals surface area (Å²) in [7, 11) is 0. The van der Waals surface area contributed by atoms with Crippen LogP contribution in [0.4, 0.5) is 0 Å². The molecule has 4 unspecified atom stereocenters. The van der Waals surface area contributed by atoms with Crippen molar-refractivity contribution in [1.29, 1.82) is 0 Å². The Bertz CT molecular complexity index is 865. The fourth-order valence-corrected chi connectivity index (χ4v) is 7.01. The van der Waals surface area contributed by atoms with Crippen molar-refractivity contribution in [2.24, 2.45) is 23.5 Å². The molecule has 5 fully saturated rings. The van der Waals surface area contributed by atoms with Crippen molar-refractivity contribution in [3.8, 4) is 0 Å². The molecule has 0 radical (unpaired) electrons. The van der Waals surface area contributed by atoms with Crippen LogP contribution in [0.5, 0.6) is 0 Å². The first-order valence-corrected chi connectivity index (χ1v) is 13.5. The number of Topliss-reactive ketones (excluding diaryl/α,β-unsaturated/α-hetero) is 2. The van der Waals surface area contributed by atoms with Crippen LogP contribution in [-0.4, -0.2) is 47.6 Å². The molecular formula is C27H40N2O5. The van der Waals surface area contributed by atoms with E-state index in [1.165, 1.54) is 5.57 Å². The lowest BCUT2D eigenvalue weighted by atomic mass is 9.61. The molecule has 34 heavy (non-hydrogen) atoms. The minimum atomic E-state index is -1.72. The van der Waals surface area contributed by atoms with Crippen molar-refractivity contribution < 1.29 is 23.9 Å². The zero-order valence-corrected chi connectivity index (χ0v) is 20.5. The number of ether oxygens (including phenoxy) is 2. The second-order valence-electron chi connectivity index (χ2n) is 11.4. The summed E-state index contributed by atoms with van der Waals surface area (Å²) in [5, 5.41) is 3.28. The third-order valence-electron chi connectivity index (χ3n) is 9.13. The van der Waals surface area contributed by atoms with Crippen molar-refractivity contribution in [1.82, 2.24) is 5.32 Å². The second-order valence-corrected chi connectivity index (χ2v) is 11.4. The number of esters is 1. The number of hydrogen-bond acceptors (Lipinski definition) is 7. The van der Waals surface area contributed by atoms with E-state index < -0.39 is 23.1 Å².